The van der Waals surface area contributed by atoms with Gasteiger partial charge in [-0.3, -0.25) is 0 Å². The van der Waals surface area contributed by atoms with Crippen LogP contribution in [0.1, 0.15) is 34.4 Å². The number of aromatic hydroxyl groups is 2. The third-order valence-corrected chi connectivity index (χ3v) is 4.79. The molecule has 1 aliphatic rings. The number of nitriles is 1. The Morgan fingerprint density at radius 1 is 1.19 bits per heavy atom. The first-order valence-corrected chi connectivity index (χ1v) is 7.61. The molecule has 0 radical (unpaired) electrons. The van der Waals surface area contributed by atoms with Crippen LogP contribution in [0.5, 0.6) is 11.5 Å². The summed E-state index contributed by atoms with van der Waals surface area (Å²) in [7, 11) is 0. The van der Waals surface area contributed by atoms with E-state index < -0.39 is 0 Å². The molecule has 0 bridgehead atoms. The molecule has 1 aliphatic carbocycles. The zero-order valence-electron chi connectivity index (χ0n) is 11.3. The molecule has 0 spiro atoms. The Hall–Kier alpha value is -2.32. The van der Waals surface area contributed by atoms with Crippen LogP contribution in [0.25, 0.3) is 0 Å². The third kappa shape index (κ3) is 2.63. The summed E-state index contributed by atoms with van der Waals surface area (Å²) >= 11 is 1.58. The van der Waals surface area contributed by atoms with Crippen LogP contribution in [0.2, 0.25) is 0 Å². The fraction of sp³-hybridized carbons (Fsp3) is 0.250. The maximum atomic E-state index is 9.47. The minimum absolute atomic E-state index is 0.156. The van der Waals surface area contributed by atoms with Crippen LogP contribution in [-0.4, -0.2) is 16.4 Å². The van der Waals surface area contributed by atoms with Gasteiger partial charge in [0.1, 0.15) is 11.1 Å². The normalized spacial score (nSPS) is 14.0. The second kappa shape index (κ2) is 5.58. The molecule has 5 heteroatoms. The van der Waals surface area contributed by atoms with Gasteiger partial charge in [-0.1, -0.05) is 0 Å². The van der Waals surface area contributed by atoms with E-state index in [1.54, 1.807) is 23.6 Å². The lowest BCUT2D eigenvalue weighted by molar-refractivity contribution is 0.403. The Kier molecular flexibility index (Phi) is 3.63. The Morgan fingerprint density at radius 3 is 2.76 bits per heavy atom. The fourth-order valence-corrected chi connectivity index (χ4v) is 3.70. The first-order valence-electron chi connectivity index (χ1n) is 6.79. The zero-order valence-corrected chi connectivity index (χ0v) is 12.2. The standard InChI is InChI=1S/C16H14N2O2S/c17-8-12-11-3-1-2-4-15(11)21-16(12)18-9-10-5-6-13(19)14(20)7-10/h5-7,9,19-20H,1-4H2. The maximum Gasteiger partial charge on any atom is 0.158 e. The molecule has 1 heterocycles. The third-order valence-electron chi connectivity index (χ3n) is 3.59. The van der Waals surface area contributed by atoms with Crippen molar-refractivity contribution < 1.29 is 10.2 Å². The van der Waals surface area contributed by atoms with Crippen LogP contribution in [0.4, 0.5) is 5.00 Å². The van der Waals surface area contributed by atoms with Crippen molar-refractivity contribution in [1.82, 2.24) is 0 Å². The van der Waals surface area contributed by atoms with Gasteiger partial charge in [0.05, 0.1) is 5.56 Å². The number of hydrogen-bond acceptors (Lipinski definition) is 5. The van der Waals surface area contributed by atoms with Crippen LogP contribution < -0.4 is 0 Å². The monoisotopic (exact) mass is 298 g/mol. The molecule has 21 heavy (non-hydrogen) atoms. The highest BCUT2D eigenvalue weighted by Crippen LogP contribution is 2.39. The topological polar surface area (TPSA) is 76.6 Å². The van der Waals surface area contributed by atoms with Crippen LogP contribution in [0, 0.1) is 11.3 Å². The molecule has 0 unspecified atom stereocenters. The van der Waals surface area contributed by atoms with E-state index in [1.165, 1.54) is 23.4 Å². The number of phenols is 2. The van der Waals surface area contributed by atoms with Crippen molar-refractivity contribution >= 4 is 22.6 Å². The van der Waals surface area contributed by atoms with E-state index in [-0.39, 0.29) is 11.5 Å². The molecule has 0 atom stereocenters. The van der Waals surface area contributed by atoms with Crippen LogP contribution in [0.3, 0.4) is 0 Å². The number of nitrogens with zero attached hydrogens (tertiary/aromatic N) is 2. The Morgan fingerprint density at radius 2 is 2.00 bits per heavy atom. The van der Waals surface area contributed by atoms with E-state index in [9.17, 15) is 15.5 Å². The molecule has 2 aromatic rings. The highest BCUT2D eigenvalue weighted by Gasteiger charge is 2.20. The number of benzene rings is 1. The van der Waals surface area contributed by atoms with Crippen molar-refractivity contribution in [1.29, 1.82) is 5.26 Å². The van der Waals surface area contributed by atoms with Crippen LogP contribution >= 0.6 is 11.3 Å². The van der Waals surface area contributed by atoms with Gasteiger partial charge in [-0.05, 0) is 55.0 Å². The lowest BCUT2D eigenvalue weighted by Gasteiger charge is -2.09. The summed E-state index contributed by atoms with van der Waals surface area (Å²) in [4.78, 5) is 5.68. The minimum atomic E-state index is -0.176. The second-order valence-corrected chi connectivity index (χ2v) is 6.09. The number of rotatable bonds is 2. The predicted molar refractivity (Wildman–Crippen MR) is 82.7 cm³/mol. The van der Waals surface area contributed by atoms with Gasteiger partial charge in [-0.15, -0.1) is 11.3 Å². The molecule has 2 N–H and O–H groups in total. The zero-order chi connectivity index (χ0) is 14.8. The molecule has 1 aromatic carbocycles. The van der Waals surface area contributed by atoms with E-state index in [2.05, 4.69) is 11.1 Å². The summed E-state index contributed by atoms with van der Waals surface area (Å²) < 4.78 is 0. The van der Waals surface area contributed by atoms with Gasteiger partial charge >= 0.3 is 0 Å². The van der Waals surface area contributed by atoms with Crippen LogP contribution in [0.15, 0.2) is 23.2 Å². The van der Waals surface area contributed by atoms with E-state index in [0.717, 1.165) is 29.8 Å². The quantitative estimate of drug-likeness (QED) is 0.656. The number of aliphatic imine (C=N–C) groups is 1. The summed E-state index contributed by atoms with van der Waals surface area (Å²) in [6.07, 6.45) is 5.91. The summed E-state index contributed by atoms with van der Waals surface area (Å²) in [6.45, 7) is 0. The largest absolute Gasteiger partial charge is 0.504 e. The van der Waals surface area contributed by atoms with E-state index in [0.29, 0.717) is 11.1 Å². The van der Waals surface area contributed by atoms with Crippen molar-refractivity contribution in [3.63, 3.8) is 0 Å². The van der Waals surface area contributed by atoms with E-state index in [1.807, 2.05) is 0 Å². The van der Waals surface area contributed by atoms with E-state index in [4.69, 9.17) is 0 Å². The van der Waals surface area contributed by atoms with Gasteiger partial charge in [-0.25, -0.2) is 4.99 Å². The molecule has 0 aliphatic heterocycles. The highest BCUT2D eigenvalue weighted by atomic mass is 32.1. The summed E-state index contributed by atoms with van der Waals surface area (Å²) in [5.74, 6) is -0.332. The van der Waals surface area contributed by atoms with E-state index >= 15 is 0 Å². The Labute approximate surface area is 126 Å². The molecule has 1 aromatic heterocycles. The molecule has 0 fully saturated rings. The number of aryl methyl sites for hydroxylation is 1. The predicted octanol–water partition coefficient (Wildman–Crippen LogP) is 3.66. The summed E-state index contributed by atoms with van der Waals surface area (Å²) in [5.41, 5.74) is 2.53. The summed E-state index contributed by atoms with van der Waals surface area (Å²) in [5, 5.41) is 28.8. The minimum Gasteiger partial charge on any atom is -0.504 e. The maximum absolute atomic E-state index is 9.47. The Balaban J connectivity index is 1.94. The first kappa shape index (κ1) is 13.7. The van der Waals surface area contributed by atoms with Crippen molar-refractivity contribution in [2.75, 3.05) is 0 Å². The molecule has 0 amide bonds. The van der Waals surface area contributed by atoms with Gasteiger partial charge in [0.2, 0.25) is 0 Å². The molecular formula is C16H14N2O2S. The molecule has 0 saturated carbocycles. The average molecular weight is 298 g/mol. The van der Waals surface area contributed by atoms with Crippen molar-refractivity contribution in [3.8, 4) is 17.6 Å². The highest BCUT2D eigenvalue weighted by molar-refractivity contribution is 7.16. The number of hydrogen-bond donors (Lipinski definition) is 2. The molecule has 3 rings (SSSR count). The lowest BCUT2D eigenvalue weighted by Crippen LogP contribution is -1.99. The Bertz CT molecular complexity index is 756. The fourth-order valence-electron chi connectivity index (χ4n) is 2.51. The van der Waals surface area contributed by atoms with Crippen molar-refractivity contribution in [2.45, 2.75) is 25.7 Å². The number of thiophene rings is 1. The van der Waals surface area contributed by atoms with Gasteiger partial charge < -0.3 is 10.2 Å². The van der Waals surface area contributed by atoms with Gasteiger partial charge in [0.25, 0.3) is 0 Å². The number of phenolic OH excluding ortho intramolecular Hbond substituents is 2. The summed E-state index contributed by atoms with van der Waals surface area (Å²) in [6, 6.07) is 6.79. The van der Waals surface area contributed by atoms with Crippen LogP contribution in [-0.2, 0) is 12.8 Å². The lowest BCUT2D eigenvalue weighted by atomic mass is 9.96. The second-order valence-electron chi connectivity index (χ2n) is 5.01. The SMILES string of the molecule is N#Cc1c(N=Cc2ccc(O)c(O)c2)sc2c1CCCC2. The van der Waals surface area contributed by atoms with Gasteiger partial charge in [-0.2, -0.15) is 5.26 Å². The van der Waals surface area contributed by atoms with Crippen molar-refractivity contribution in [2.24, 2.45) is 4.99 Å². The molecule has 106 valence electrons. The van der Waals surface area contributed by atoms with Gasteiger partial charge in [0.15, 0.2) is 11.5 Å². The number of fused-ring (bicyclic) bond motifs is 1. The average Bonchev–Trinajstić information content (AvgIpc) is 2.86. The van der Waals surface area contributed by atoms with Gasteiger partial charge in [0, 0.05) is 11.1 Å². The molecule has 4 nitrogen and oxygen atoms in total. The smallest absolute Gasteiger partial charge is 0.158 e. The van der Waals surface area contributed by atoms with Crippen molar-refractivity contribution in [3.05, 3.63) is 39.8 Å². The molecule has 0 saturated heterocycles. The molecular weight excluding hydrogens is 284 g/mol. The first-order chi connectivity index (χ1) is 10.2.